The lowest BCUT2D eigenvalue weighted by Gasteiger charge is -2.22. The molecule has 0 radical (unpaired) electrons. The van der Waals surface area contributed by atoms with Crippen LogP contribution in [0.25, 0.3) is 0 Å². The van der Waals surface area contributed by atoms with Crippen molar-refractivity contribution in [2.75, 3.05) is 25.4 Å². The minimum atomic E-state index is -0.0580. The van der Waals surface area contributed by atoms with Crippen molar-refractivity contribution in [3.63, 3.8) is 0 Å². The van der Waals surface area contributed by atoms with Crippen LogP contribution in [0.15, 0.2) is 18.2 Å². The fraction of sp³-hybridized carbons (Fsp3) is 0.462. The number of nitrogen functional groups attached to an aromatic ring is 1. The summed E-state index contributed by atoms with van der Waals surface area (Å²) in [7, 11) is 0. The van der Waals surface area contributed by atoms with Crippen LogP contribution < -0.4 is 5.73 Å². The van der Waals surface area contributed by atoms with Crippen molar-refractivity contribution in [2.24, 2.45) is 0 Å². The molecular weight excluding hydrogens is 252 g/mol. The van der Waals surface area contributed by atoms with Crippen LogP contribution in [-0.2, 0) is 4.74 Å². The maximum atomic E-state index is 12.4. The summed E-state index contributed by atoms with van der Waals surface area (Å²) < 4.78 is 5.52. The quantitative estimate of drug-likeness (QED) is 0.794. The number of benzene rings is 1. The number of halogens is 1. The number of anilines is 1. The Bertz CT molecular complexity index is 451. The normalized spacial score (nSPS) is 20.6. The van der Waals surface area contributed by atoms with Gasteiger partial charge in [0.05, 0.1) is 16.7 Å². The first-order valence-electron chi connectivity index (χ1n) is 6.04. The van der Waals surface area contributed by atoms with Crippen LogP contribution in [0, 0.1) is 0 Å². The molecule has 18 heavy (non-hydrogen) atoms. The smallest absolute Gasteiger partial charge is 0.255 e. The number of amides is 1. The molecule has 4 nitrogen and oxygen atoms in total. The number of nitrogens with two attached hydrogens (primary N) is 1. The Hall–Kier alpha value is -1.26. The predicted molar refractivity (Wildman–Crippen MR) is 71.8 cm³/mol. The molecule has 1 atom stereocenters. The van der Waals surface area contributed by atoms with Crippen molar-refractivity contribution >= 4 is 23.2 Å². The molecule has 1 amide bonds. The van der Waals surface area contributed by atoms with Crippen LogP contribution >= 0.6 is 11.6 Å². The van der Waals surface area contributed by atoms with Gasteiger partial charge in [0.2, 0.25) is 0 Å². The van der Waals surface area contributed by atoms with Crippen molar-refractivity contribution in [3.05, 3.63) is 28.8 Å². The van der Waals surface area contributed by atoms with Gasteiger partial charge in [-0.2, -0.15) is 0 Å². The Morgan fingerprint density at radius 3 is 3.06 bits per heavy atom. The SMILES string of the molecule is CC1CN(C(=O)c2ccc(N)cc2Cl)CCCO1. The van der Waals surface area contributed by atoms with Crippen LogP contribution in [0.1, 0.15) is 23.7 Å². The van der Waals surface area contributed by atoms with Crippen molar-refractivity contribution in [3.8, 4) is 0 Å². The highest BCUT2D eigenvalue weighted by Crippen LogP contribution is 2.21. The predicted octanol–water partition coefficient (Wildman–Crippen LogP) is 2.17. The monoisotopic (exact) mass is 268 g/mol. The van der Waals surface area contributed by atoms with Crippen molar-refractivity contribution in [2.45, 2.75) is 19.4 Å². The average Bonchev–Trinajstić information content (AvgIpc) is 2.53. The van der Waals surface area contributed by atoms with Gasteiger partial charge < -0.3 is 15.4 Å². The van der Waals surface area contributed by atoms with Crippen molar-refractivity contribution < 1.29 is 9.53 Å². The summed E-state index contributed by atoms with van der Waals surface area (Å²) in [5.41, 5.74) is 6.68. The molecule has 1 fully saturated rings. The fourth-order valence-corrected chi connectivity index (χ4v) is 2.32. The van der Waals surface area contributed by atoms with Gasteiger partial charge in [-0.15, -0.1) is 0 Å². The van der Waals surface area contributed by atoms with Crippen LogP contribution in [0.3, 0.4) is 0 Å². The zero-order chi connectivity index (χ0) is 13.1. The van der Waals surface area contributed by atoms with E-state index in [2.05, 4.69) is 0 Å². The third kappa shape index (κ3) is 2.94. The van der Waals surface area contributed by atoms with Gasteiger partial charge in [-0.1, -0.05) is 11.6 Å². The first kappa shape index (κ1) is 13.2. The standard InChI is InChI=1S/C13H17ClN2O2/c1-9-8-16(5-2-6-18-9)13(17)11-4-3-10(15)7-12(11)14/h3-4,7,9H,2,5-6,8,15H2,1H3. The van der Waals surface area contributed by atoms with E-state index < -0.39 is 0 Å². The number of nitrogens with zero attached hydrogens (tertiary/aromatic N) is 1. The summed E-state index contributed by atoms with van der Waals surface area (Å²) in [5.74, 6) is -0.0580. The molecule has 98 valence electrons. The van der Waals surface area contributed by atoms with E-state index in [-0.39, 0.29) is 12.0 Å². The molecule has 5 heteroatoms. The number of hydrogen-bond donors (Lipinski definition) is 1. The van der Waals surface area contributed by atoms with E-state index in [0.29, 0.717) is 36.0 Å². The van der Waals surface area contributed by atoms with Crippen molar-refractivity contribution in [1.29, 1.82) is 0 Å². The van der Waals surface area contributed by atoms with E-state index >= 15 is 0 Å². The van der Waals surface area contributed by atoms with Gasteiger partial charge in [0.1, 0.15) is 0 Å². The highest BCUT2D eigenvalue weighted by molar-refractivity contribution is 6.34. The molecule has 1 aromatic rings. The third-order valence-corrected chi connectivity index (χ3v) is 3.28. The van der Waals surface area contributed by atoms with Crippen LogP contribution in [0.5, 0.6) is 0 Å². The molecule has 0 bridgehead atoms. The summed E-state index contributed by atoms with van der Waals surface area (Å²) in [4.78, 5) is 14.2. The molecule has 1 aromatic carbocycles. The Kier molecular flexibility index (Phi) is 4.09. The molecule has 0 spiro atoms. The molecule has 2 rings (SSSR count). The van der Waals surface area contributed by atoms with Gasteiger partial charge in [-0.05, 0) is 31.5 Å². The van der Waals surface area contributed by atoms with Gasteiger partial charge >= 0.3 is 0 Å². The minimum absolute atomic E-state index is 0.0580. The summed E-state index contributed by atoms with van der Waals surface area (Å²) in [6.07, 6.45) is 0.909. The molecular formula is C13H17ClN2O2. The van der Waals surface area contributed by atoms with Gasteiger partial charge in [0.15, 0.2) is 0 Å². The Balaban J connectivity index is 2.19. The Labute approximate surface area is 112 Å². The zero-order valence-corrected chi connectivity index (χ0v) is 11.1. The van der Waals surface area contributed by atoms with Crippen LogP contribution in [0.2, 0.25) is 5.02 Å². The second-order valence-corrected chi connectivity index (χ2v) is 4.93. The topological polar surface area (TPSA) is 55.6 Å². The summed E-state index contributed by atoms with van der Waals surface area (Å²) in [5, 5.41) is 0.401. The number of carbonyl (C=O) groups is 1. The first-order chi connectivity index (χ1) is 8.58. The fourth-order valence-electron chi connectivity index (χ4n) is 2.05. The molecule has 0 aromatic heterocycles. The molecule has 1 saturated heterocycles. The maximum absolute atomic E-state index is 12.4. The van der Waals surface area contributed by atoms with Crippen molar-refractivity contribution in [1.82, 2.24) is 4.90 Å². The second kappa shape index (κ2) is 5.59. The van der Waals surface area contributed by atoms with Crippen LogP contribution in [0.4, 0.5) is 5.69 Å². The molecule has 0 aliphatic carbocycles. The summed E-state index contributed by atoms with van der Waals surface area (Å²) >= 11 is 6.06. The lowest BCUT2D eigenvalue weighted by atomic mass is 10.1. The Morgan fingerprint density at radius 2 is 2.33 bits per heavy atom. The highest BCUT2D eigenvalue weighted by atomic mass is 35.5. The number of carbonyl (C=O) groups excluding carboxylic acids is 1. The van der Waals surface area contributed by atoms with E-state index in [9.17, 15) is 4.79 Å². The van der Waals surface area contributed by atoms with E-state index in [1.54, 1.807) is 23.1 Å². The van der Waals surface area contributed by atoms with Gasteiger partial charge in [0.25, 0.3) is 5.91 Å². The summed E-state index contributed by atoms with van der Waals surface area (Å²) in [6, 6.07) is 4.97. The van der Waals surface area contributed by atoms with E-state index in [4.69, 9.17) is 22.1 Å². The largest absolute Gasteiger partial charge is 0.399 e. The zero-order valence-electron chi connectivity index (χ0n) is 10.4. The minimum Gasteiger partial charge on any atom is -0.399 e. The van der Waals surface area contributed by atoms with Gasteiger partial charge in [-0.25, -0.2) is 0 Å². The number of hydrogen-bond acceptors (Lipinski definition) is 3. The van der Waals surface area contributed by atoms with E-state index in [1.807, 2.05) is 6.92 Å². The molecule has 1 heterocycles. The second-order valence-electron chi connectivity index (χ2n) is 4.53. The average molecular weight is 269 g/mol. The lowest BCUT2D eigenvalue weighted by molar-refractivity contribution is 0.0563. The Morgan fingerprint density at radius 1 is 1.56 bits per heavy atom. The molecule has 1 aliphatic rings. The number of rotatable bonds is 1. The molecule has 1 aliphatic heterocycles. The molecule has 1 unspecified atom stereocenters. The van der Waals surface area contributed by atoms with Crippen LogP contribution in [-0.4, -0.2) is 36.6 Å². The van der Waals surface area contributed by atoms with E-state index in [1.165, 1.54) is 0 Å². The summed E-state index contributed by atoms with van der Waals surface area (Å²) in [6.45, 7) is 3.96. The highest BCUT2D eigenvalue weighted by Gasteiger charge is 2.22. The lowest BCUT2D eigenvalue weighted by Crippen LogP contribution is -2.36. The number of ether oxygens (including phenoxy) is 1. The maximum Gasteiger partial charge on any atom is 0.255 e. The molecule has 2 N–H and O–H groups in total. The van der Waals surface area contributed by atoms with Gasteiger partial charge in [-0.3, -0.25) is 4.79 Å². The third-order valence-electron chi connectivity index (χ3n) is 2.96. The first-order valence-corrected chi connectivity index (χ1v) is 6.41. The van der Waals surface area contributed by atoms with Gasteiger partial charge in [0, 0.05) is 25.4 Å². The molecule has 0 saturated carbocycles. The van der Waals surface area contributed by atoms with E-state index in [0.717, 1.165) is 6.42 Å².